The fourth-order valence-electron chi connectivity index (χ4n) is 2.78. The molecule has 1 aliphatic carbocycles. The van der Waals surface area contributed by atoms with Crippen LogP contribution in [0.25, 0.3) is 0 Å². The summed E-state index contributed by atoms with van der Waals surface area (Å²) in [6.45, 7) is 4.53. The van der Waals surface area contributed by atoms with E-state index in [1.807, 2.05) is 11.8 Å². The summed E-state index contributed by atoms with van der Waals surface area (Å²) in [6.07, 6.45) is 5.43. The van der Waals surface area contributed by atoms with Crippen LogP contribution in [0, 0.1) is 5.92 Å². The molecular weight excluding hydrogens is 226 g/mol. The Balaban J connectivity index is 2.07. The van der Waals surface area contributed by atoms with Gasteiger partial charge in [-0.25, -0.2) is 0 Å². The van der Waals surface area contributed by atoms with Crippen molar-refractivity contribution < 1.29 is 0 Å². The van der Waals surface area contributed by atoms with Crippen molar-refractivity contribution in [3.8, 4) is 0 Å². The molecule has 0 amide bonds. The summed E-state index contributed by atoms with van der Waals surface area (Å²) in [7, 11) is 0. The van der Waals surface area contributed by atoms with E-state index in [1.54, 1.807) is 0 Å². The Morgan fingerprint density at radius 3 is 2.82 bits per heavy atom. The highest BCUT2D eigenvalue weighted by Crippen LogP contribution is 2.34. The zero-order valence-corrected chi connectivity index (χ0v) is 11.7. The minimum absolute atomic E-state index is 0.693. The van der Waals surface area contributed by atoms with Gasteiger partial charge in [0.1, 0.15) is 0 Å². The van der Waals surface area contributed by atoms with E-state index in [9.17, 15) is 0 Å². The van der Waals surface area contributed by atoms with Crippen LogP contribution in [0.15, 0.2) is 29.2 Å². The molecule has 1 aromatic carbocycles. The second-order valence-corrected chi connectivity index (χ2v) is 6.09. The van der Waals surface area contributed by atoms with E-state index in [1.165, 1.54) is 36.3 Å². The molecule has 0 aliphatic heterocycles. The molecule has 0 saturated heterocycles. The van der Waals surface area contributed by atoms with Crippen molar-refractivity contribution in [1.82, 2.24) is 0 Å². The highest BCUT2D eigenvalue weighted by atomic mass is 32.2. The summed E-state index contributed by atoms with van der Waals surface area (Å²) in [4.78, 5) is 1.40. The zero-order chi connectivity index (χ0) is 12.1. The molecular formula is C15H23NS. The molecule has 0 heterocycles. The Morgan fingerprint density at radius 2 is 2.06 bits per heavy atom. The normalized spacial score (nSPS) is 23.9. The van der Waals surface area contributed by atoms with Crippen molar-refractivity contribution in [2.45, 2.75) is 50.5 Å². The monoisotopic (exact) mass is 249 g/mol. The Bertz CT molecular complexity index is 351. The third-order valence-electron chi connectivity index (χ3n) is 3.71. The Kier molecular flexibility index (Phi) is 4.78. The first kappa shape index (κ1) is 12.8. The first-order valence-electron chi connectivity index (χ1n) is 6.83. The second-order valence-electron chi connectivity index (χ2n) is 4.78. The SMILES string of the molecule is CCSc1ccccc1NC1CCCC1CC. The standard InChI is InChI=1S/C15H23NS/c1-3-12-8-7-10-13(12)16-14-9-5-6-11-15(14)17-4-2/h5-6,9,11-13,16H,3-4,7-8,10H2,1-2H3. The Morgan fingerprint density at radius 1 is 1.24 bits per heavy atom. The smallest absolute Gasteiger partial charge is 0.0480 e. The van der Waals surface area contributed by atoms with E-state index in [0.717, 1.165) is 11.7 Å². The van der Waals surface area contributed by atoms with Gasteiger partial charge in [0.05, 0.1) is 0 Å². The van der Waals surface area contributed by atoms with Gasteiger partial charge in [-0.15, -0.1) is 11.8 Å². The van der Waals surface area contributed by atoms with Crippen LogP contribution in [-0.2, 0) is 0 Å². The molecule has 17 heavy (non-hydrogen) atoms. The summed E-state index contributed by atoms with van der Waals surface area (Å²) < 4.78 is 0. The summed E-state index contributed by atoms with van der Waals surface area (Å²) in [5.41, 5.74) is 1.34. The first-order chi connectivity index (χ1) is 8.35. The second kappa shape index (κ2) is 6.34. The lowest BCUT2D eigenvalue weighted by molar-refractivity contribution is 0.488. The number of nitrogens with one attached hydrogen (secondary N) is 1. The average molecular weight is 249 g/mol. The summed E-state index contributed by atoms with van der Waals surface area (Å²) in [5, 5.41) is 3.77. The fraction of sp³-hybridized carbons (Fsp3) is 0.600. The van der Waals surface area contributed by atoms with Crippen LogP contribution in [0.4, 0.5) is 5.69 Å². The molecule has 0 spiro atoms. The lowest BCUT2D eigenvalue weighted by Crippen LogP contribution is -2.23. The molecule has 1 saturated carbocycles. The maximum absolute atomic E-state index is 3.77. The largest absolute Gasteiger partial charge is 0.381 e. The molecule has 1 fully saturated rings. The van der Waals surface area contributed by atoms with Crippen molar-refractivity contribution in [3.05, 3.63) is 24.3 Å². The van der Waals surface area contributed by atoms with Crippen LogP contribution in [0.1, 0.15) is 39.5 Å². The zero-order valence-electron chi connectivity index (χ0n) is 10.9. The highest BCUT2D eigenvalue weighted by molar-refractivity contribution is 7.99. The highest BCUT2D eigenvalue weighted by Gasteiger charge is 2.25. The van der Waals surface area contributed by atoms with Crippen molar-refractivity contribution in [1.29, 1.82) is 0 Å². The van der Waals surface area contributed by atoms with Crippen LogP contribution >= 0.6 is 11.8 Å². The van der Waals surface area contributed by atoms with E-state index < -0.39 is 0 Å². The molecule has 1 nitrogen and oxygen atoms in total. The predicted molar refractivity (Wildman–Crippen MR) is 77.9 cm³/mol. The molecule has 2 heteroatoms. The lowest BCUT2D eigenvalue weighted by atomic mass is 10.0. The van der Waals surface area contributed by atoms with Crippen molar-refractivity contribution in [3.63, 3.8) is 0 Å². The maximum atomic E-state index is 3.77. The molecule has 2 rings (SSSR count). The van der Waals surface area contributed by atoms with Crippen molar-refractivity contribution in [2.75, 3.05) is 11.1 Å². The number of hydrogen-bond acceptors (Lipinski definition) is 2. The molecule has 94 valence electrons. The van der Waals surface area contributed by atoms with E-state index >= 15 is 0 Å². The van der Waals surface area contributed by atoms with Crippen LogP contribution in [-0.4, -0.2) is 11.8 Å². The third-order valence-corrected chi connectivity index (χ3v) is 4.67. The van der Waals surface area contributed by atoms with Gasteiger partial charge < -0.3 is 5.32 Å². The number of thioether (sulfide) groups is 1. The van der Waals surface area contributed by atoms with Gasteiger partial charge in [0.15, 0.2) is 0 Å². The van der Waals surface area contributed by atoms with Crippen LogP contribution in [0.5, 0.6) is 0 Å². The summed E-state index contributed by atoms with van der Waals surface area (Å²) >= 11 is 1.93. The predicted octanol–water partition coefficient (Wildman–Crippen LogP) is 4.79. The number of benzene rings is 1. The topological polar surface area (TPSA) is 12.0 Å². The van der Waals surface area contributed by atoms with Gasteiger partial charge in [-0.1, -0.05) is 38.8 Å². The minimum Gasteiger partial charge on any atom is -0.381 e. The van der Waals surface area contributed by atoms with E-state index in [0.29, 0.717) is 6.04 Å². The molecule has 1 N–H and O–H groups in total. The van der Waals surface area contributed by atoms with Crippen molar-refractivity contribution in [2.24, 2.45) is 5.92 Å². The molecule has 1 aromatic rings. The summed E-state index contributed by atoms with van der Waals surface area (Å²) in [5.74, 6) is 2.01. The van der Waals surface area contributed by atoms with E-state index in [2.05, 4.69) is 43.4 Å². The molecule has 2 atom stereocenters. The molecule has 2 unspecified atom stereocenters. The van der Waals surface area contributed by atoms with Gasteiger partial charge in [0, 0.05) is 16.6 Å². The van der Waals surface area contributed by atoms with Gasteiger partial charge in [-0.3, -0.25) is 0 Å². The fourth-order valence-corrected chi connectivity index (χ4v) is 3.55. The first-order valence-corrected chi connectivity index (χ1v) is 7.82. The van der Waals surface area contributed by atoms with Crippen molar-refractivity contribution >= 4 is 17.4 Å². The number of rotatable bonds is 5. The van der Waals surface area contributed by atoms with Gasteiger partial charge in [0.2, 0.25) is 0 Å². The van der Waals surface area contributed by atoms with Gasteiger partial charge in [-0.2, -0.15) is 0 Å². The molecule has 0 bridgehead atoms. The number of hydrogen-bond donors (Lipinski definition) is 1. The molecule has 0 aromatic heterocycles. The summed E-state index contributed by atoms with van der Waals surface area (Å²) in [6, 6.07) is 9.42. The van der Waals surface area contributed by atoms with Gasteiger partial charge >= 0.3 is 0 Å². The van der Waals surface area contributed by atoms with Gasteiger partial charge in [0.25, 0.3) is 0 Å². The van der Waals surface area contributed by atoms with E-state index in [4.69, 9.17) is 0 Å². The number of para-hydroxylation sites is 1. The third kappa shape index (κ3) is 3.19. The lowest BCUT2D eigenvalue weighted by Gasteiger charge is -2.22. The molecule has 1 aliphatic rings. The molecule has 0 radical (unpaired) electrons. The van der Waals surface area contributed by atoms with Crippen LogP contribution in [0.3, 0.4) is 0 Å². The Hall–Kier alpha value is -0.630. The maximum Gasteiger partial charge on any atom is 0.0480 e. The van der Waals surface area contributed by atoms with Crippen LogP contribution in [0.2, 0.25) is 0 Å². The van der Waals surface area contributed by atoms with E-state index in [-0.39, 0.29) is 0 Å². The van der Waals surface area contributed by atoms with Crippen LogP contribution < -0.4 is 5.32 Å². The quantitative estimate of drug-likeness (QED) is 0.753. The minimum atomic E-state index is 0.693. The number of anilines is 1. The van der Waals surface area contributed by atoms with Gasteiger partial charge in [-0.05, 0) is 36.6 Å². The Labute approximate surface area is 109 Å². The average Bonchev–Trinajstić information content (AvgIpc) is 2.79.